The Morgan fingerprint density at radius 2 is 1.95 bits per heavy atom. The maximum Gasteiger partial charge on any atom is 0.0474 e. The topological polar surface area (TPSA) is 42.1 Å². The van der Waals surface area contributed by atoms with Crippen molar-refractivity contribution in [2.45, 2.75) is 19.4 Å². The van der Waals surface area contributed by atoms with Crippen LogP contribution in [0.15, 0.2) is 42.7 Å². The molecule has 2 N–H and O–H groups in total. The van der Waals surface area contributed by atoms with Gasteiger partial charge in [0.2, 0.25) is 0 Å². The van der Waals surface area contributed by atoms with E-state index in [2.05, 4.69) is 23.0 Å². The van der Waals surface area contributed by atoms with Gasteiger partial charge < -0.3 is 10.6 Å². The summed E-state index contributed by atoms with van der Waals surface area (Å²) in [5, 5.41) is 0.730. The number of pyridine rings is 1. The quantitative estimate of drug-likeness (QED) is 0.917. The van der Waals surface area contributed by atoms with Crippen molar-refractivity contribution in [1.29, 1.82) is 0 Å². The Balaban J connectivity index is 2.02. The molecule has 4 heteroatoms. The zero-order chi connectivity index (χ0) is 14.5. The molecule has 1 atom stereocenters. The first-order valence-corrected chi connectivity index (χ1v) is 7.11. The number of benzene rings is 1. The standard InChI is InChI=1S/C16H20ClN3/c1-12(18)15-4-3-14(11-16(15)17)20(2)10-7-13-5-8-19-9-6-13/h3-6,8-9,11-12H,7,10,18H2,1-2H3. The fourth-order valence-electron chi connectivity index (χ4n) is 2.10. The molecule has 106 valence electrons. The Morgan fingerprint density at radius 1 is 1.25 bits per heavy atom. The minimum Gasteiger partial charge on any atom is -0.374 e. The van der Waals surface area contributed by atoms with E-state index in [4.69, 9.17) is 17.3 Å². The van der Waals surface area contributed by atoms with E-state index in [9.17, 15) is 0 Å². The molecule has 0 spiro atoms. The molecule has 1 aromatic carbocycles. The van der Waals surface area contributed by atoms with Crippen molar-refractivity contribution in [3.63, 3.8) is 0 Å². The van der Waals surface area contributed by atoms with Crippen molar-refractivity contribution in [3.05, 3.63) is 58.9 Å². The van der Waals surface area contributed by atoms with Gasteiger partial charge in [-0.2, -0.15) is 0 Å². The highest BCUT2D eigenvalue weighted by Gasteiger charge is 2.08. The van der Waals surface area contributed by atoms with E-state index in [-0.39, 0.29) is 6.04 Å². The summed E-state index contributed by atoms with van der Waals surface area (Å²) in [5.41, 5.74) is 9.24. The summed E-state index contributed by atoms with van der Waals surface area (Å²) in [4.78, 5) is 6.22. The van der Waals surface area contributed by atoms with E-state index in [1.807, 2.05) is 43.6 Å². The molecule has 0 fully saturated rings. The minimum atomic E-state index is -0.0429. The van der Waals surface area contributed by atoms with Crippen molar-refractivity contribution in [3.8, 4) is 0 Å². The second-order valence-electron chi connectivity index (χ2n) is 5.02. The Labute approximate surface area is 125 Å². The Kier molecular flexibility index (Phi) is 4.99. The highest BCUT2D eigenvalue weighted by Crippen LogP contribution is 2.26. The summed E-state index contributed by atoms with van der Waals surface area (Å²) < 4.78 is 0. The van der Waals surface area contributed by atoms with E-state index in [0.717, 1.165) is 29.2 Å². The van der Waals surface area contributed by atoms with E-state index < -0.39 is 0 Å². The van der Waals surface area contributed by atoms with Crippen LogP contribution in [0.4, 0.5) is 5.69 Å². The SMILES string of the molecule is CC(N)c1ccc(N(C)CCc2ccncc2)cc1Cl. The van der Waals surface area contributed by atoms with E-state index in [1.165, 1.54) is 5.56 Å². The maximum absolute atomic E-state index is 6.27. The zero-order valence-electron chi connectivity index (χ0n) is 11.9. The van der Waals surface area contributed by atoms with E-state index in [0.29, 0.717) is 0 Å². The van der Waals surface area contributed by atoms with Gasteiger partial charge in [-0.05, 0) is 48.7 Å². The molecule has 0 radical (unpaired) electrons. The van der Waals surface area contributed by atoms with Gasteiger partial charge in [0, 0.05) is 42.7 Å². The number of hydrogen-bond acceptors (Lipinski definition) is 3. The van der Waals surface area contributed by atoms with Gasteiger partial charge >= 0.3 is 0 Å². The molecule has 0 aliphatic carbocycles. The van der Waals surface area contributed by atoms with Crippen LogP contribution in [0.5, 0.6) is 0 Å². The van der Waals surface area contributed by atoms with Gasteiger partial charge in [-0.3, -0.25) is 4.98 Å². The van der Waals surface area contributed by atoms with Crippen LogP contribution < -0.4 is 10.6 Å². The van der Waals surface area contributed by atoms with Crippen LogP contribution in [0.3, 0.4) is 0 Å². The summed E-state index contributed by atoms with van der Waals surface area (Å²) in [6, 6.07) is 10.1. The molecule has 0 bridgehead atoms. The summed E-state index contributed by atoms with van der Waals surface area (Å²) in [7, 11) is 2.07. The molecule has 20 heavy (non-hydrogen) atoms. The maximum atomic E-state index is 6.27. The first kappa shape index (κ1) is 14.8. The highest BCUT2D eigenvalue weighted by molar-refractivity contribution is 6.31. The normalized spacial score (nSPS) is 12.2. The van der Waals surface area contributed by atoms with Crippen LogP contribution in [-0.2, 0) is 6.42 Å². The number of aromatic nitrogens is 1. The van der Waals surface area contributed by atoms with Gasteiger partial charge in [-0.25, -0.2) is 0 Å². The van der Waals surface area contributed by atoms with Crippen LogP contribution >= 0.6 is 11.6 Å². The third-order valence-electron chi connectivity index (χ3n) is 3.40. The summed E-state index contributed by atoms with van der Waals surface area (Å²) >= 11 is 6.27. The van der Waals surface area contributed by atoms with E-state index in [1.54, 1.807) is 0 Å². The first-order chi connectivity index (χ1) is 9.58. The number of nitrogens with zero attached hydrogens (tertiary/aromatic N) is 2. The van der Waals surface area contributed by atoms with Crippen molar-refractivity contribution in [2.75, 3.05) is 18.5 Å². The fourth-order valence-corrected chi connectivity index (χ4v) is 2.45. The van der Waals surface area contributed by atoms with Crippen molar-refractivity contribution < 1.29 is 0 Å². The Hall–Kier alpha value is -1.58. The molecule has 1 aromatic heterocycles. The molecule has 0 aliphatic heterocycles. The molecule has 0 saturated heterocycles. The van der Waals surface area contributed by atoms with Crippen molar-refractivity contribution in [2.24, 2.45) is 5.73 Å². The number of anilines is 1. The van der Waals surface area contributed by atoms with Crippen molar-refractivity contribution >= 4 is 17.3 Å². The van der Waals surface area contributed by atoms with Gasteiger partial charge in [0.05, 0.1) is 0 Å². The first-order valence-electron chi connectivity index (χ1n) is 6.73. The lowest BCUT2D eigenvalue weighted by Crippen LogP contribution is -2.20. The average Bonchev–Trinajstić information content (AvgIpc) is 2.45. The molecular weight excluding hydrogens is 270 g/mol. The predicted octanol–water partition coefficient (Wildman–Crippen LogP) is 3.43. The summed E-state index contributed by atoms with van der Waals surface area (Å²) in [6.07, 6.45) is 4.62. The van der Waals surface area contributed by atoms with Gasteiger partial charge in [0.1, 0.15) is 0 Å². The summed E-state index contributed by atoms with van der Waals surface area (Å²) in [5.74, 6) is 0. The average molecular weight is 290 g/mol. The third kappa shape index (κ3) is 3.71. The molecule has 1 unspecified atom stereocenters. The van der Waals surface area contributed by atoms with Gasteiger partial charge in [-0.1, -0.05) is 17.7 Å². The highest BCUT2D eigenvalue weighted by atomic mass is 35.5. The summed E-state index contributed by atoms with van der Waals surface area (Å²) in [6.45, 7) is 2.87. The van der Waals surface area contributed by atoms with Crippen LogP contribution in [0, 0.1) is 0 Å². The lowest BCUT2D eigenvalue weighted by molar-refractivity contribution is 0.816. The number of rotatable bonds is 5. The van der Waals surface area contributed by atoms with Crippen LogP contribution in [0.25, 0.3) is 0 Å². The van der Waals surface area contributed by atoms with Gasteiger partial charge in [-0.15, -0.1) is 0 Å². The smallest absolute Gasteiger partial charge is 0.0474 e. The van der Waals surface area contributed by atoms with Crippen LogP contribution in [-0.4, -0.2) is 18.6 Å². The Morgan fingerprint density at radius 3 is 2.55 bits per heavy atom. The molecule has 3 nitrogen and oxygen atoms in total. The minimum absolute atomic E-state index is 0.0429. The van der Waals surface area contributed by atoms with Gasteiger partial charge in [0.15, 0.2) is 0 Å². The number of nitrogens with two attached hydrogens (primary N) is 1. The number of halogens is 1. The molecule has 0 aliphatic rings. The van der Waals surface area contributed by atoms with Crippen molar-refractivity contribution in [1.82, 2.24) is 4.98 Å². The Bertz CT molecular complexity index is 555. The molecule has 1 heterocycles. The monoisotopic (exact) mass is 289 g/mol. The molecule has 0 saturated carbocycles. The third-order valence-corrected chi connectivity index (χ3v) is 3.73. The molecule has 2 aromatic rings. The molecular formula is C16H20ClN3. The van der Waals surface area contributed by atoms with E-state index >= 15 is 0 Å². The fraction of sp³-hybridized carbons (Fsp3) is 0.312. The van der Waals surface area contributed by atoms with Gasteiger partial charge in [0.25, 0.3) is 0 Å². The second kappa shape index (κ2) is 6.73. The number of hydrogen-bond donors (Lipinski definition) is 1. The molecule has 0 amide bonds. The van der Waals surface area contributed by atoms with Crippen LogP contribution in [0.2, 0.25) is 5.02 Å². The number of likely N-dealkylation sites (N-methyl/N-ethyl adjacent to an activating group) is 1. The second-order valence-corrected chi connectivity index (χ2v) is 5.43. The predicted molar refractivity (Wildman–Crippen MR) is 85.3 cm³/mol. The lowest BCUT2D eigenvalue weighted by Gasteiger charge is -2.21. The largest absolute Gasteiger partial charge is 0.374 e. The van der Waals surface area contributed by atoms with Crippen LogP contribution in [0.1, 0.15) is 24.1 Å². The lowest BCUT2D eigenvalue weighted by atomic mass is 10.1. The molecule has 2 rings (SSSR count). The zero-order valence-corrected chi connectivity index (χ0v) is 12.6.